The van der Waals surface area contributed by atoms with Crippen LogP contribution in [0.3, 0.4) is 0 Å². The van der Waals surface area contributed by atoms with E-state index in [1.807, 2.05) is 0 Å². The van der Waals surface area contributed by atoms with Gasteiger partial charge in [0.25, 0.3) is 0 Å². The molecule has 0 aromatic heterocycles. The molecular weight excluding hydrogens is 436 g/mol. The summed E-state index contributed by atoms with van der Waals surface area (Å²) >= 11 is 0. The third-order valence-electron chi connectivity index (χ3n) is 4.33. The number of nitrogens with one attached hydrogen (secondary N) is 1. The number of aliphatic hydroxyl groups is 1. The molecule has 0 saturated carbocycles. The summed E-state index contributed by atoms with van der Waals surface area (Å²) in [7, 11) is 0. The molecule has 2 aromatic rings. The molecule has 2 N–H and O–H groups in total. The monoisotopic (exact) mass is 461 g/mol. The van der Waals surface area contributed by atoms with Crippen LogP contribution in [0.1, 0.15) is 18.6 Å². The van der Waals surface area contributed by atoms with Crippen molar-refractivity contribution in [2.75, 3.05) is 25.1 Å². The zero-order valence-electron chi connectivity index (χ0n) is 18.0. The highest BCUT2D eigenvalue weighted by Gasteiger charge is 2.23. The third-order valence-corrected chi connectivity index (χ3v) is 4.33. The second kappa shape index (κ2) is 13.0. The maximum atomic E-state index is 13.9. The van der Waals surface area contributed by atoms with Crippen LogP contribution in [-0.4, -0.2) is 37.0 Å². The Balaban J connectivity index is 2.19. The van der Waals surface area contributed by atoms with Crippen molar-refractivity contribution in [3.63, 3.8) is 0 Å². The van der Waals surface area contributed by atoms with E-state index in [1.54, 1.807) is 31.2 Å². The van der Waals surface area contributed by atoms with Gasteiger partial charge in [-0.2, -0.15) is 0 Å². The lowest BCUT2D eigenvalue weighted by atomic mass is 9.96. The molecule has 0 heterocycles. The SMILES string of the molecule is C=CCOC(=O)/C=C/[C@H](C)[C@H](OC(=O)Nc1ccc(F)cc1F)c1ccc(OCCO)cc1. The summed E-state index contributed by atoms with van der Waals surface area (Å²) < 4.78 is 42.7. The van der Waals surface area contributed by atoms with Gasteiger partial charge in [-0.3, -0.25) is 5.32 Å². The summed E-state index contributed by atoms with van der Waals surface area (Å²) in [4.78, 5) is 24.2. The maximum Gasteiger partial charge on any atom is 0.412 e. The first kappa shape index (κ1) is 25.5. The molecule has 0 aliphatic heterocycles. The van der Waals surface area contributed by atoms with E-state index in [0.29, 0.717) is 17.4 Å². The maximum absolute atomic E-state index is 13.9. The summed E-state index contributed by atoms with van der Waals surface area (Å²) in [5, 5.41) is 11.1. The van der Waals surface area contributed by atoms with E-state index >= 15 is 0 Å². The highest BCUT2D eigenvalue weighted by atomic mass is 19.1. The second-order valence-corrected chi connectivity index (χ2v) is 6.85. The Morgan fingerprint density at radius 3 is 2.55 bits per heavy atom. The van der Waals surface area contributed by atoms with Crippen LogP contribution in [0.5, 0.6) is 5.75 Å². The number of rotatable bonds is 11. The Bertz CT molecular complexity index is 977. The summed E-state index contributed by atoms with van der Waals surface area (Å²) in [6.07, 6.45) is 2.31. The lowest BCUT2D eigenvalue weighted by molar-refractivity contribution is -0.136. The van der Waals surface area contributed by atoms with E-state index in [2.05, 4.69) is 11.9 Å². The van der Waals surface area contributed by atoms with Crippen LogP contribution in [0.2, 0.25) is 0 Å². The number of benzene rings is 2. The summed E-state index contributed by atoms with van der Waals surface area (Å²) in [5.74, 6) is -2.32. The molecule has 33 heavy (non-hydrogen) atoms. The molecule has 1 amide bonds. The van der Waals surface area contributed by atoms with Crippen molar-refractivity contribution in [3.05, 3.63) is 84.5 Å². The summed E-state index contributed by atoms with van der Waals surface area (Å²) in [6, 6.07) is 9.29. The lowest BCUT2D eigenvalue weighted by Crippen LogP contribution is -2.22. The zero-order valence-corrected chi connectivity index (χ0v) is 18.0. The normalized spacial score (nSPS) is 12.6. The first-order valence-corrected chi connectivity index (χ1v) is 10.1. The molecule has 0 fully saturated rings. The molecule has 176 valence electrons. The fourth-order valence-electron chi connectivity index (χ4n) is 2.76. The number of halogens is 2. The summed E-state index contributed by atoms with van der Waals surface area (Å²) in [6.45, 7) is 5.21. The molecule has 9 heteroatoms. The molecule has 2 rings (SSSR count). The van der Waals surface area contributed by atoms with E-state index in [1.165, 1.54) is 18.2 Å². The van der Waals surface area contributed by atoms with Crippen molar-refractivity contribution in [3.8, 4) is 5.75 Å². The first-order chi connectivity index (χ1) is 15.8. The third kappa shape index (κ3) is 8.38. The van der Waals surface area contributed by atoms with E-state index in [-0.39, 0.29) is 25.5 Å². The Morgan fingerprint density at radius 1 is 1.18 bits per heavy atom. The molecule has 0 unspecified atom stereocenters. The molecule has 0 aliphatic rings. The van der Waals surface area contributed by atoms with Gasteiger partial charge in [-0.05, 0) is 29.8 Å². The predicted molar refractivity (Wildman–Crippen MR) is 118 cm³/mol. The van der Waals surface area contributed by atoms with E-state index in [4.69, 9.17) is 19.3 Å². The molecule has 0 saturated heterocycles. The van der Waals surface area contributed by atoms with Crippen LogP contribution in [-0.2, 0) is 14.3 Å². The van der Waals surface area contributed by atoms with Crippen molar-refractivity contribution in [2.24, 2.45) is 5.92 Å². The number of ether oxygens (including phenoxy) is 3. The second-order valence-electron chi connectivity index (χ2n) is 6.85. The average molecular weight is 461 g/mol. The van der Waals surface area contributed by atoms with E-state index in [9.17, 15) is 18.4 Å². The van der Waals surface area contributed by atoms with Gasteiger partial charge in [0.2, 0.25) is 0 Å². The van der Waals surface area contributed by atoms with Crippen molar-refractivity contribution >= 4 is 17.7 Å². The number of hydrogen-bond acceptors (Lipinski definition) is 6. The highest BCUT2D eigenvalue weighted by molar-refractivity contribution is 5.85. The lowest BCUT2D eigenvalue weighted by Gasteiger charge is -2.23. The van der Waals surface area contributed by atoms with Gasteiger partial charge in [-0.1, -0.05) is 37.8 Å². The molecular formula is C24H25F2NO6. The predicted octanol–water partition coefficient (Wildman–Crippen LogP) is 4.55. The minimum Gasteiger partial charge on any atom is -0.491 e. The Hall–Kier alpha value is -3.72. The van der Waals surface area contributed by atoms with Crippen LogP contribution in [0, 0.1) is 17.6 Å². The molecule has 2 atom stereocenters. The van der Waals surface area contributed by atoms with Gasteiger partial charge < -0.3 is 19.3 Å². The number of aliphatic hydroxyl groups excluding tert-OH is 1. The molecule has 0 aliphatic carbocycles. The van der Waals surface area contributed by atoms with Crippen molar-refractivity contribution in [1.82, 2.24) is 0 Å². The number of anilines is 1. The first-order valence-electron chi connectivity index (χ1n) is 10.1. The van der Waals surface area contributed by atoms with Crippen LogP contribution in [0.15, 0.2) is 67.3 Å². The van der Waals surface area contributed by atoms with Gasteiger partial charge >= 0.3 is 12.1 Å². The van der Waals surface area contributed by atoms with Gasteiger partial charge in [0.05, 0.1) is 12.3 Å². The molecule has 0 bridgehead atoms. The Morgan fingerprint density at radius 2 is 1.91 bits per heavy atom. The van der Waals surface area contributed by atoms with Crippen molar-refractivity contribution < 1.29 is 37.7 Å². The van der Waals surface area contributed by atoms with Crippen LogP contribution >= 0.6 is 0 Å². The van der Waals surface area contributed by atoms with Gasteiger partial charge in [-0.25, -0.2) is 18.4 Å². The van der Waals surface area contributed by atoms with Gasteiger partial charge in [0, 0.05) is 18.1 Å². The number of esters is 1. The van der Waals surface area contributed by atoms with Crippen LogP contribution < -0.4 is 10.1 Å². The van der Waals surface area contributed by atoms with Crippen LogP contribution in [0.25, 0.3) is 0 Å². The number of carbonyl (C=O) groups excluding carboxylic acids is 2. The van der Waals surface area contributed by atoms with Gasteiger partial charge in [0.15, 0.2) is 0 Å². The standard InChI is InChI=1S/C24H25F2NO6/c1-3-13-32-22(29)11-4-16(2)23(17-5-8-19(9-6-17)31-14-12-28)33-24(30)27-21-10-7-18(25)15-20(21)26/h3-11,15-16,23,28H,1,12-14H2,2H3,(H,27,30)/b11-4+/t16-,23-/m0/s1. The summed E-state index contributed by atoms with van der Waals surface area (Å²) in [5.41, 5.74) is 0.321. The van der Waals surface area contributed by atoms with E-state index < -0.39 is 35.7 Å². The minimum atomic E-state index is -0.972. The number of carbonyl (C=O) groups is 2. The van der Waals surface area contributed by atoms with Crippen molar-refractivity contribution in [2.45, 2.75) is 13.0 Å². The van der Waals surface area contributed by atoms with Gasteiger partial charge in [0.1, 0.15) is 36.7 Å². The van der Waals surface area contributed by atoms with Gasteiger partial charge in [-0.15, -0.1) is 0 Å². The fourth-order valence-corrected chi connectivity index (χ4v) is 2.76. The molecule has 0 spiro atoms. The Labute approximate surface area is 190 Å². The largest absolute Gasteiger partial charge is 0.491 e. The number of amides is 1. The average Bonchev–Trinajstić information content (AvgIpc) is 2.80. The zero-order chi connectivity index (χ0) is 24.2. The topological polar surface area (TPSA) is 94.1 Å². The molecule has 7 nitrogen and oxygen atoms in total. The number of hydrogen-bond donors (Lipinski definition) is 2. The molecule has 2 aromatic carbocycles. The Kier molecular flexibility index (Phi) is 10.0. The molecule has 0 radical (unpaired) electrons. The van der Waals surface area contributed by atoms with Crippen molar-refractivity contribution in [1.29, 1.82) is 0 Å². The van der Waals surface area contributed by atoms with Crippen LogP contribution in [0.4, 0.5) is 19.3 Å². The van der Waals surface area contributed by atoms with E-state index in [0.717, 1.165) is 12.1 Å². The highest BCUT2D eigenvalue weighted by Crippen LogP contribution is 2.29. The minimum absolute atomic E-state index is 0.0540. The quantitative estimate of drug-likeness (QED) is 0.290. The smallest absolute Gasteiger partial charge is 0.412 e. The fraction of sp³-hybridized carbons (Fsp3) is 0.250.